The van der Waals surface area contributed by atoms with E-state index in [4.69, 9.17) is 9.84 Å². The van der Waals surface area contributed by atoms with E-state index in [1.165, 1.54) is 20.1 Å². The molecule has 8 nitrogen and oxygen atoms in total. The fourth-order valence-corrected chi connectivity index (χ4v) is 1.65. The van der Waals surface area contributed by atoms with Gasteiger partial charge in [-0.15, -0.1) is 0 Å². The predicted molar refractivity (Wildman–Crippen MR) is 125 cm³/mol. The highest BCUT2D eigenvalue weighted by Crippen LogP contribution is 2.08. The number of esters is 3. The van der Waals surface area contributed by atoms with E-state index in [0.717, 1.165) is 11.6 Å². The summed E-state index contributed by atoms with van der Waals surface area (Å²) in [5, 5.41) is 8.67. The Balaban J connectivity index is 0. The number of carbonyl (C=O) groups excluding carboxylic acids is 3. The molecule has 0 aliphatic carbocycles. The van der Waals surface area contributed by atoms with E-state index >= 15 is 0 Å². The molecule has 0 radical (unpaired) electrons. The van der Waals surface area contributed by atoms with Crippen molar-refractivity contribution in [3.8, 4) is 0 Å². The zero-order valence-corrected chi connectivity index (χ0v) is 19.6. The number of hydrogen-bond acceptors (Lipinski definition) is 7. The molecular formula is C25H32O8. The van der Waals surface area contributed by atoms with Crippen molar-refractivity contribution in [3.05, 3.63) is 84.5 Å². The van der Waals surface area contributed by atoms with Crippen LogP contribution in [0, 0.1) is 0 Å². The summed E-state index contributed by atoms with van der Waals surface area (Å²) in [5.41, 5.74) is 1.73. The lowest BCUT2D eigenvalue weighted by atomic mass is 10.1. The third-order valence-corrected chi connectivity index (χ3v) is 3.48. The van der Waals surface area contributed by atoms with Crippen molar-refractivity contribution in [2.75, 3.05) is 13.7 Å². The smallest absolute Gasteiger partial charge is 0.334 e. The Kier molecular flexibility index (Phi) is 17.8. The Morgan fingerprint density at radius 3 is 1.94 bits per heavy atom. The maximum Gasteiger partial charge on any atom is 0.334 e. The molecule has 0 aliphatic rings. The highest BCUT2D eigenvalue weighted by atomic mass is 16.5. The number of carbonyl (C=O) groups is 4. The third kappa shape index (κ3) is 17.4. The Hall–Kier alpha value is -3.94. The van der Waals surface area contributed by atoms with E-state index < -0.39 is 11.9 Å². The lowest BCUT2D eigenvalue weighted by Gasteiger charge is -2.05. The Morgan fingerprint density at radius 2 is 1.58 bits per heavy atom. The standard InChI is InChI=1S/C15H16O4.2C5H8O2/c1-11(14(16)17)8-9-12(2)15(18)19-10-13-6-4-3-5-7-13;1-4(2)5(6)7-3;1-3-5(6)7-4-2/h3-8H,2,9-10H2,1H3,(H,16,17);1H2,2-3H3;3H,1,4H2,2H3. The molecule has 0 fully saturated rings. The van der Waals surface area contributed by atoms with Gasteiger partial charge in [-0.25, -0.2) is 19.2 Å². The molecule has 1 rings (SSSR count). The molecule has 8 heteroatoms. The van der Waals surface area contributed by atoms with E-state index in [-0.39, 0.29) is 36.1 Å². The molecule has 0 bridgehead atoms. The molecular weight excluding hydrogens is 428 g/mol. The lowest BCUT2D eigenvalue weighted by Crippen LogP contribution is -2.07. The van der Waals surface area contributed by atoms with Gasteiger partial charge in [0.15, 0.2) is 0 Å². The first-order valence-electron chi connectivity index (χ1n) is 9.81. The van der Waals surface area contributed by atoms with Gasteiger partial charge in [-0.3, -0.25) is 0 Å². The van der Waals surface area contributed by atoms with Crippen LogP contribution in [0.2, 0.25) is 0 Å². The molecule has 0 aliphatic heterocycles. The SMILES string of the molecule is C=C(C)C(=O)OC.C=C(CC=C(C)C(=O)O)C(=O)OCc1ccccc1.C=CC(=O)OCC. The molecule has 0 unspecified atom stereocenters. The topological polar surface area (TPSA) is 116 Å². The van der Waals surface area contributed by atoms with Crippen LogP contribution in [0.25, 0.3) is 0 Å². The Morgan fingerprint density at radius 1 is 1.00 bits per heavy atom. The van der Waals surface area contributed by atoms with Gasteiger partial charge in [0.1, 0.15) is 6.61 Å². The van der Waals surface area contributed by atoms with Crippen LogP contribution in [0.1, 0.15) is 32.8 Å². The van der Waals surface area contributed by atoms with Crippen LogP contribution in [0.5, 0.6) is 0 Å². The summed E-state index contributed by atoms with van der Waals surface area (Å²) in [7, 11) is 1.33. The van der Waals surface area contributed by atoms with Crippen molar-refractivity contribution in [2.24, 2.45) is 0 Å². The monoisotopic (exact) mass is 460 g/mol. The van der Waals surface area contributed by atoms with Crippen LogP contribution in [-0.2, 0) is 40.0 Å². The van der Waals surface area contributed by atoms with Gasteiger partial charge in [0.25, 0.3) is 0 Å². The van der Waals surface area contributed by atoms with Crippen molar-refractivity contribution >= 4 is 23.9 Å². The van der Waals surface area contributed by atoms with E-state index in [9.17, 15) is 19.2 Å². The van der Waals surface area contributed by atoms with Crippen LogP contribution in [-0.4, -0.2) is 42.7 Å². The van der Waals surface area contributed by atoms with Crippen molar-refractivity contribution in [1.82, 2.24) is 0 Å². The second kappa shape index (κ2) is 18.8. The fourth-order valence-electron chi connectivity index (χ4n) is 1.65. The van der Waals surface area contributed by atoms with Gasteiger partial charge in [-0.05, 0) is 32.8 Å². The molecule has 1 aromatic rings. The van der Waals surface area contributed by atoms with E-state index in [1.54, 1.807) is 13.8 Å². The number of benzene rings is 1. The molecule has 33 heavy (non-hydrogen) atoms. The first-order chi connectivity index (χ1) is 15.5. The van der Waals surface area contributed by atoms with E-state index in [1.807, 2.05) is 30.3 Å². The van der Waals surface area contributed by atoms with Crippen LogP contribution in [0.15, 0.2) is 78.9 Å². The summed E-state index contributed by atoms with van der Waals surface area (Å²) in [5.74, 6) is -2.23. The minimum absolute atomic E-state index is 0.172. The molecule has 0 spiro atoms. The molecule has 0 heterocycles. The van der Waals surface area contributed by atoms with Gasteiger partial charge in [-0.2, -0.15) is 0 Å². The molecule has 0 saturated heterocycles. The fraction of sp³-hybridized carbons (Fsp3) is 0.280. The Labute approximate surface area is 194 Å². The van der Waals surface area contributed by atoms with Crippen LogP contribution < -0.4 is 0 Å². The molecule has 0 saturated carbocycles. The molecule has 1 aromatic carbocycles. The normalized spacial score (nSPS) is 9.52. The summed E-state index contributed by atoms with van der Waals surface area (Å²) in [4.78, 5) is 42.4. The first kappa shape index (κ1) is 31.2. The van der Waals surface area contributed by atoms with E-state index in [0.29, 0.717) is 12.2 Å². The van der Waals surface area contributed by atoms with E-state index in [2.05, 4.69) is 29.2 Å². The molecule has 0 aromatic heterocycles. The van der Waals surface area contributed by atoms with Gasteiger partial charge < -0.3 is 19.3 Å². The molecule has 0 amide bonds. The summed E-state index contributed by atoms with van der Waals surface area (Å²) in [6.45, 7) is 15.6. The summed E-state index contributed by atoms with van der Waals surface area (Å²) >= 11 is 0. The molecule has 1 N–H and O–H groups in total. The van der Waals surface area contributed by atoms with Crippen LogP contribution in [0.4, 0.5) is 0 Å². The number of hydrogen-bond donors (Lipinski definition) is 1. The summed E-state index contributed by atoms with van der Waals surface area (Å²) in [6, 6.07) is 9.30. The average Bonchev–Trinajstić information content (AvgIpc) is 2.81. The maximum absolute atomic E-state index is 11.6. The number of methoxy groups -OCH3 is 1. The number of carboxylic acids is 1. The zero-order chi connectivity index (χ0) is 25.8. The predicted octanol–water partition coefficient (Wildman–Crippen LogP) is 4.18. The van der Waals surface area contributed by atoms with Gasteiger partial charge >= 0.3 is 23.9 Å². The highest BCUT2D eigenvalue weighted by Gasteiger charge is 2.08. The van der Waals surface area contributed by atoms with Crippen molar-refractivity contribution in [3.63, 3.8) is 0 Å². The second-order valence-corrected chi connectivity index (χ2v) is 6.29. The molecule has 180 valence electrons. The molecule has 0 atom stereocenters. The second-order valence-electron chi connectivity index (χ2n) is 6.29. The van der Waals surface area contributed by atoms with Gasteiger partial charge in [0, 0.05) is 22.8 Å². The maximum atomic E-state index is 11.6. The number of allylic oxidation sites excluding steroid dienone is 1. The number of aliphatic carboxylic acids is 1. The number of rotatable bonds is 9. The van der Waals surface area contributed by atoms with Crippen molar-refractivity contribution in [2.45, 2.75) is 33.8 Å². The minimum Gasteiger partial charge on any atom is -0.478 e. The average molecular weight is 461 g/mol. The largest absolute Gasteiger partial charge is 0.478 e. The zero-order valence-electron chi connectivity index (χ0n) is 19.6. The van der Waals surface area contributed by atoms with Crippen LogP contribution >= 0.6 is 0 Å². The van der Waals surface area contributed by atoms with Crippen molar-refractivity contribution in [1.29, 1.82) is 0 Å². The van der Waals surface area contributed by atoms with Gasteiger partial charge in [-0.1, -0.05) is 56.1 Å². The van der Waals surface area contributed by atoms with Gasteiger partial charge in [0.05, 0.1) is 13.7 Å². The first-order valence-corrected chi connectivity index (χ1v) is 9.81. The number of carboxylic acid groups (broad SMARTS) is 1. The quantitative estimate of drug-likeness (QED) is 0.331. The summed E-state index contributed by atoms with van der Waals surface area (Å²) < 4.78 is 13.8. The summed E-state index contributed by atoms with van der Waals surface area (Å²) in [6.07, 6.45) is 2.75. The highest BCUT2D eigenvalue weighted by molar-refractivity contribution is 5.89. The Bertz CT molecular complexity index is 848. The third-order valence-electron chi connectivity index (χ3n) is 3.48. The van der Waals surface area contributed by atoms with Crippen LogP contribution in [0.3, 0.4) is 0 Å². The van der Waals surface area contributed by atoms with Gasteiger partial charge in [0.2, 0.25) is 0 Å². The minimum atomic E-state index is -1.01. The number of ether oxygens (including phenoxy) is 3. The van der Waals surface area contributed by atoms with Crippen molar-refractivity contribution < 1.29 is 38.5 Å². The lowest BCUT2D eigenvalue weighted by molar-refractivity contribution is -0.140.